The molecular weight excluding hydrogens is 314 g/mol. The maximum Gasteiger partial charge on any atom is 0.260 e. The zero-order valence-corrected chi connectivity index (χ0v) is 15.4. The Bertz CT molecular complexity index is 704. The molecule has 0 spiro atoms. The van der Waals surface area contributed by atoms with Crippen molar-refractivity contribution in [3.63, 3.8) is 0 Å². The van der Waals surface area contributed by atoms with Gasteiger partial charge in [-0.05, 0) is 25.5 Å². The highest BCUT2D eigenvalue weighted by Gasteiger charge is 2.22. The summed E-state index contributed by atoms with van der Waals surface area (Å²) in [7, 11) is -3.58. The number of carbonyl (C=O) groups is 1. The van der Waals surface area contributed by atoms with Crippen molar-refractivity contribution in [2.45, 2.75) is 34.6 Å². The quantitative estimate of drug-likeness (QED) is 0.660. The summed E-state index contributed by atoms with van der Waals surface area (Å²) in [6.45, 7) is 9.24. The van der Waals surface area contributed by atoms with E-state index in [0.29, 0.717) is 5.69 Å². The third-order valence-corrected chi connectivity index (χ3v) is 4.63. The van der Waals surface area contributed by atoms with Gasteiger partial charge in [0.25, 0.3) is 5.91 Å². The number of benzene rings is 1. The molecular formula is C16H25N3O3S. The second kappa shape index (κ2) is 7.12. The smallest absolute Gasteiger partial charge is 0.260 e. The fourth-order valence-electron chi connectivity index (χ4n) is 1.70. The third kappa shape index (κ3) is 5.67. The number of carbonyl (C=O) groups excluding carboxylic acids is 1. The summed E-state index contributed by atoms with van der Waals surface area (Å²) in [5.74, 6) is -0.484. The summed E-state index contributed by atoms with van der Waals surface area (Å²) in [5.41, 5.74) is 4.28. The number of hydrazone groups is 1. The van der Waals surface area contributed by atoms with Crippen LogP contribution in [0.4, 0.5) is 5.69 Å². The molecule has 0 atom stereocenters. The largest absolute Gasteiger partial charge is 0.271 e. The highest BCUT2D eigenvalue weighted by Crippen LogP contribution is 2.21. The van der Waals surface area contributed by atoms with E-state index in [1.54, 1.807) is 25.1 Å². The number of amides is 1. The zero-order valence-electron chi connectivity index (χ0n) is 14.5. The molecule has 0 unspecified atom stereocenters. The van der Waals surface area contributed by atoms with Gasteiger partial charge >= 0.3 is 0 Å². The van der Waals surface area contributed by atoms with Gasteiger partial charge in [-0.15, -0.1) is 0 Å². The molecule has 0 saturated heterocycles. The van der Waals surface area contributed by atoms with Gasteiger partial charge in [0, 0.05) is 11.1 Å². The molecule has 0 aliphatic heterocycles. The number of hydrogen-bond acceptors (Lipinski definition) is 4. The van der Waals surface area contributed by atoms with Gasteiger partial charge < -0.3 is 0 Å². The number of hydrogen-bond donors (Lipinski definition) is 1. The van der Waals surface area contributed by atoms with Gasteiger partial charge in [-0.3, -0.25) is 9.10 Å². The van der Waals surface area contributed by atoms with E-state index in [9.17, 15) is 13.2 Å². The van der Waals surface area contributed by atoms with Gasteiger partial charge in [0.05, 0.1) is 11.9 Å². The molecule has 1 aromatic carbocycles. The molecule has 23 heavy (non-hydrogen) atoms. The summed E-state index contributed by atoms with van der Waals surface area (Å²) in [6, 6.07) is 7.03. The van der Waals surface area contributed by atoms with Crippen molar-refractivity contribution in [1.29, 1.82) is 0 Å². The summed E-state index contributed by atoms with van der Waals surface area (Å²) in [5, 5.41) is 4.04. The minimum atomic E-state index is -3.58. The van der Waals surface area contributed by atoms with E-state index in [0.717, 1.165) is 21.8 Å². The van der Waals surface area contributed by atoms with E-state index in [4.69, 9.17) is 0 Å². The van der Waals surface area contributed by atoms with Crippen LogP contribution >= 0.6 is 0 Å². The lowest BCUT2D eigenvalue weighted by molar-refractivity contribution is -0.119. The minimum absolute atomic E-state index is 0.167. The van der Waals surface area contributed by atoms with Gasteiger partial charge in [-0.25, -0.2) is 13.8 Å². The van der Waals surface area contributed by atoms with Gasteiger partial charge in [-0.2, -0.15) is 5.10 Å². The maximum absolute atomic E-state index is 12.1. The number of anilines is 1. The standard InChI is InChI=1S/C16H25N3O3S/c1-12-9-7-8-10-14(12)19(23(6,21)22)11-15(20)18-17-13(2)16(3,4)5/h7-10H,11H2,1-6H3,(H,18,20)/b17-13-. The normalized spacial score (nSPS) is 12.9. The highest BCUT2D eigenvalue weighted by atomic mass is 32.2. The number of para-hydroxylation sites is 1. The van der Waals surface area contributed by atoms with Crippen molar-refractivity contribution in [2.75, 3.05) is 17.1 Å². The number of aryl methyl sites for hydroxylation is 1. The first-order valence-corrected chi connectivity index (χ1v) is 9.14. The molecule has 1 N–H and O–H groups in total. The molecule has 6 nitrogen and oxygen atoms in total. The highest BCUT2D eigenvalue weighted by molar-refractivity contribution is 7.92. The predicted molar refractivity (Wildman–Crippen MR) is 94.1 cm³/mol. The fraction of sp³-hybridized carbons (Fsp3) is 0.500. The Kier molecular flexibility index (Phi) is 5.93. The van der Waals surface area contributed by atoms with Crippen LogP contribution in [0.1, 0.15) is 33.3 Å². The zero-order chi connectivity index (χ0) is 17.8. The lowest BCUT2D eigenvalue weighted by atomic mass is 9.91. The monoisotopic (exact) mass is 339 g/mol. The summed E-state index contributed by atoms with van der Waals surface area (Å²) >= 11 is 0. The van der Waals surface area contributed by atoms with E-state index in [2.05, 4.69) is 10.5 Å². The molecule has 0 saturated carbocycles. The average Bonchev–Trinajstić information content (AvgIpc) is 2.41. The lowest BCUT2D eigenvalue weighted by Gasteiger charge is -2.23. The number of sulfonamides is 1. The SMILES string of the molecule is C/C(=N/NC(=O)CN(c1ccccc1C)S(C)(=O)=O)C(C)(C)C. The van der Waals surface area contributed by atoms with Gasteiger partial charge in [0.1, 0.15) is 6.54 Å². The van der Waals surface area contributed by atoms with Crippen LogP contribution in [0.15, 0.2) is 29.4 Å². The molecule has 0 aromatic heterocycles. The van der Waals surface area contributed by atoms with Crippen molar-refractivity contribution in [2.24, 2.45) is 10.5 Å². The van der Waals surface area contributed by atoms with Crippen molar-refractivity contribution in [3.8, 4) is 0 Å². The van der Waals surface area contributed by atoms with Gasteiger partial charge in [0.15, 0.2) is 0 Å². The van der Waals surface area contributed by atoms with Gasteiger partial charge in [-0.1, -0.05) is 39.0 Å². The summed E-state index contributed by atoms with van der Waals surface area (Å²) in [4.78, 5) is 12.1. The van der Waals surface area contributed by atoms with Crippen LogP contribution in [0.25, 0.3) is 0 Å². The number of rotatable bonds is 5. The van der Waals surface area contributed by atoms with E-state index in [1.165, 1.54) is 0 Å². The molecule has 0 fully saturated rings. The first-order valence-electron chi connectivity index (χ1n) is 7.30. The Morgan fingerprint density at radius 2 is 1.83 bits per heavy atom. The van der Waals surface area contributed by atoms with Crippen LogP contribution in [0.3, 0.4) is 0 Å². The lowest BCUT2D eigenvalue weighted by Crippen LogP contribution is -2.39. The van der Waals surface area contributed by atoms with Crippen LogP contribution in [-0.4, -0.2) is 32.8 Å². The van der Waals surface area contributed by atoms with Crippen LogP contribution in [-0.2, 0) is 14.8 Å². The molecule has 1 amide bonds. The van der Waals surface area contributed by atoms with Crippen molar-refractivity contribution in [3.05, 3.63) is 29.8 Å². The Balaban J connectivity index is 2.97. The van der Waals surface area contributed by atoms with E-state index >= 15 is 0 Å². The summed E-state index contributed by atoms with van der Waals surface area (Å²) in [6.07, 6.45) is 1.08. The molecule has 7 heteroatoms. The van der Waals surface area contributed by atoms with Crippen LogP contribution in [0.2, 0.25) is 0 Å². The van der Waals surface area contributed by atoms with Crippen molar-refractivity contribution < 1.29 is 13.2 Å². The summed E-state index contributed by atoms with van der Waals surface area (Å²) < 4.78 is 25.1. The molecule has 0 aliphatic rings. The minimum Gasteiger partial charge on any atom is -0.271 e. The molecule has 0 radical (unpaired) electrons. The van der Waals surface area contributed by atoms with Gasteiger partial charge in [0.2, 0.25) is 10.0 Å². The Hall–Kier alpha value is -1.89. The second-order valence-corrected chi connectivity index (χ2v) is 8.45. The second-order valence-electron chi connectivity index (χ2n) is 6.54. The van der Waals surface area contributed by atoms with E-state index in [-0.39, 0.29) is 12.0 Å². The number of nitrogens with one attached hydrogen (secondary N) is 1. The predicted octanol–water partition coefficient (Wildman–Crippen LogP) is 2.30. The topological polar surface area (TPSA) is 78.8 Å². The van der Waals surface area contributed by atoms with Crippen molar-refractivity contribution >= 4 is 27.3 Å². The molecule has 1 rings (SSSR count). The molecule has 0 heterocycles. The molecule has 1 aromatic rings. The third-order valence-electron chi connectivity index (χ3n) is 3.51. The Morgan fingerprint density at radius 1 is 1.26 bits per heavy atom. The Morgan fingerprint density at radius 3 is 2.30 bits per heavy atom. The molecule has 0 aliphatic carbocycles. The Labute approximate surface area is 138 Å². The molecule has 128 valence electrons. The molecule has 0 bridgehead atoms. The van der Waals surface area contributed by atoms with E-state index < -0.39 is 15.9 Å². The van der Waals surface area contributed by atoms with Crippen LogP contribution < -0.4 is 9.73 Å². The fourth-order valence-corrected chi connectivity index (χ4v) is 2.62. The van der Waals surface area contributed by atoms with Crippen molar-refractivity contribution in [1.82, 2.24) is 5.43 Å². The maximum atomic E-state index is 12.1. The first kappa shape index (κ1) is 19.2. The first-order chi connectivity index (χ1) is 10.4. The van der Waals surface area contributed by atoms with Crippen LogP contribution in [0.5, 0.6) is 0 Å². The average molecular weight is 339 g/mol. The van der Waals surface area contributed by atoms with Crippen LogP contribution in [0, 0.1) is 12.3 Å². The number of nitrogens with zero attached hydrogens (tertiary/aromatic N) is 2. The van der Waals surface area contributed by atoms with E-state index in [1.807, 2.05) is 33.8 Å².